The smallest absolute Gasteiger partial charge is 0.339 e. The summed E-state index contributed by atoms with van der Waals surface area (Å²) in [6, 6.07) is 9.54. The lowest BCUT2D eigenvalue weighted by molar-refractivity contribution is 0.0458. The van der Waals surface area contributed by atoms with Gasteiger partial charge in [-0.15, -0.1) is 5.10 Å². The van der Waals surface area contributed by atoms with Crippen molar-refractivity contribution < 1.29 is 9.53 Å². The van der Waals surface area contributed by atoms with Gasteiger partial charge in [0.25, 0.3) is 0 Å². The van der Waals surface area contributed by atoms with Crippen molar-refractivity contribution in [2.45, 2.75) is 45.3 Å². The molecule has 0 amide bonds. The van der Waals surface area contributed by atoms with Crippen LogP contribution in [0.2, 0.25) is 0 Å². The van der Waals surface area contributed by atoms with Gasteiger partial charge in [-0.1, -0.05) is 25.1 Å². The second-order valence-electron chi connectivity index (χ2n) is 6.28. The Balaban J connectivity index is 1.60. The summed E-state index contributed by atoms with van der Waals surface area (Å²) in [5, 5.41) is 12.3. The number of hydrogen-bond acceptors (Lipinski definition) is 6. The van der Waals surface area contributed by atoms with E-state index in [4.69, 9.17) is 4.74 Å². The van der Waals surface area contributed by atoms with Crippen LogP contribution in [0, 0.1) is 0 Å². The van der Waals surface area contributed by atoms with E-state index in [0.29, 0.717) is 23.9 Å². The number of carbonyl (C=O) groups excluding carboxylic acids is 1. The summed E-state index contributed by atoms with van der Waals surface area (Å²) in [5.41, 5.74) is 2.36. The van der Waals surface area contributed by atoms with Gasteiger partial charge in [-0.3, -0.25) is 4.98 Å². The zero-order chi connectivity index (χ0) is 17.2. The molecule has 0 unspecified atom stereocenters. The predicted molar refractivity (Wildman–Crippen MR) is 90.9 cm³/mol. The van der Waals surface area contributed by atoms with Crippen molar-refractivity contribution in [1.29, 1.82) is 0 Å². The van der Waals surface area contributed by atoms with Crippen molar-refractivity contribution in [2.24, 2.45) is 0 Å². The van der Waals surface area contributed by atoms with Gasteiger partial charge in [0, 0.05) is 23.5 Å². The lowest BCUT2D eigenvalue weighted by Crippen LogP contribution is -2.12. The third kappa shape index (κ3) is 3.22. The number of aryl methyl sites for hydroxylation is 1. The SMILES string of the molecule is CCCn1nnnc1COC(=O)c1cc(C2CC2)nc2ccccc12. The summed E-state index contributed by atoms with van der Waals surface area (Å²) >= 11 is 0. The van der Waals surface area contributed by atoms with Crippen molar-refractivity contribution in [1.82, 2.24) is 25.2 Å². The first kappa shape index (κ1) is 15.7. The fourth-order valence-corrected chi connectivity index (χ4v) is 2.87. The van der Waals surface area contributed by atoms with Gasteiger partial charge < -0.3 is 4.74 Å². The van der Waals surface area contributed by atoms with Crippen LogP contribution in [0.3, 0.4) is 0 Å². The Morgan fingerprint density at radius 2 is 2.16 bits per heavy atom. The Morgan fingerprint density at radius 1 is 1.32 bits per heavy atom. The summed E-state index contributed by atoms with van der Waals surface area (Å²) in [6.45, 7) is 2.80. The van der Waals surface area contributed by atoms with E-state index in [0.717, 1.165) is 35.9 Å². The number of benzene rings is 1. The van der Waals surface area contributed by atoms with Crippen LogP contribution in [-0.4, -0.2) is 31.2 Å². The van der Waals surface area contributed by atoms with Crippen molar-refractivity contribution in [2.75, 3.05) is 0 Å². The molecule has 128 valence electrons. The number of tetrazole rings is 1. The van der Waals surface area contributed by atoms with E-state index in [1.54, 1.807) is 4.68 Å². The van der Waals surface area contributed by atoms with Crippen LogP contribution in [0.25, 0.3) is 10.9 Å². The average Bonchev–Trinajstić information content (AvgIpc) is 3.40. The normalized spacial score (nSPS) is 14.0. The Kier molecular flexibility index (Phi) is 4.13. The molecule has 4 rings (SSSR count). The van der Waals surface area contributed by atoms with E-state index in [1.165, 1.54) is 0 Å². The fraction of sp³-hybridized carbons (Fsp3) is 0.389. The maximum atomic E-state index is 12.7. The number of fused-ring (bicyclic) bond motifs is 1. The number of aromatic nitrogens is 5. The molecule has 7 heteroatoms. The Hall–Kier alpha value is -2.83. The molecule has 1 fully saturated rings. The van der Waals surface area contributed by atoms with Crippen molar-refractivity contribution in [3.63, 3.8) is 0 Å². The van der Waals surface area contributed by atoms with Crippen molar-refractivity contribution in [3.05, 3.63) is 47.4 Å². The summed E-state index contributed by atoms with van der Waals surface area (Å²) in [4.78, 5) is 17.4. The standard InChI is InChI=1S/C18H19N5O2/c1-2-9-23-17(20-21-22-23)11-25-18(24)14-10-16(12-7-8-12)19-15-6-4-3-5-13(14)15/h3-6,10,12H,2,7-9,11H2,1H3. The van der Waals surface area contributed by atoms with Crippen LogP contribution in [0.15, 0.2) is 30.3 Å². The number of para-hydroxylation sites is 1. The van der Waals surface area contributed by atoms with Crippen LogP contribution in [0.1, 0.15) is 54.0 Å². The molecule has 0 atom stereocenters. The first-order valence-electron chi connectivity index (χ1n) is 8.58. The average molecular weight is 337 g/mol. The number of hydrogen-bond donors (Lipinski definition) is 0. The number of nitrogens with zero attached hydrogens (tertiary/aromatic N) is 5. The number of pyridine rings is 1. The first-order chi connectivity index (χ1) is 12.3. The molecule has 0 radical (unpaired) electrons. The van der Waals surface area contributed by atoms with Gasteiger partial charge in [-0.25, -0.2) is 9.48 Å². The largest absolute Gasteiger partial charge is 0.454 e. The molecule has 2 aromatic heterocycles. The van der Waals surface area contributed by atoms with Gasteiger partial charge in [-0.2, -0.15) is 0 Å². The van der Waals surface area contributed by atoms with Gasteiger partial charge in [-0.05, 0) is 41.8 Å². The van der Waals surface area contributed by atoms with E-state index < -0.39 is 0 Å². The van der Waals surface area contributed by atoms with Crippen LogP contribution in [-0.2, 0) is 17.9 Å². The summed E-state index contributed by atoms with van der Waals surface area (Å²) in [7, 11) is 0. The highest BCUT2D eigenvalue weighted by atomic mass is 16.5. The molecule has 1 aromatic carbocycles. The van der Waals surface area contributed by atoms with E-state index in [1.807, 2.05) is 37.3 Å². The predicted octanol–water partition coefficient (Wildman–Crippen LogP) is 2.87. The van der Waals surface area contributed by atoms with Crippen LogP contribution < -0.4 is 0 Å². The summed E-state index contributed by atoms with van der Waals surface area (Å²) in [6.07, 6.45) is 3.17. The molecular formula is C18H19N5O2. The molecule has 25 heavy (non-hydrogen) atoms. The Labute approximate surface area is 145 Å². The van der Waals surface area contributed by atoms with E-state index in [9.17, 15) is 4.79 Å². The van der Waals surface area contributed by atoms with Gasteiger partial charge >= 0.3 is 5.97 Å². The van der Waals surface area contributed by atoms with Crippen molar-refractivity contribution >= 4 is 16.9 Å². The highest BCUT2D eigenvalue weighted by molar-refractivity contribution is 6.03. The Morgan fingerprint density at radius 3 is 2.96 bits per heavy atom. The third-order valence-electron chi connectivity index (χ3n) is 4.33. The highest BCUT2D eigenvalue weighted by Crippen LogP contribution is 2.40. The number of rotatable bonds is 6. The molecule has 0 saturated heterocycles. The quantitative estimate of drug-likeness (QED) is 0.643. The topological polar surface area (TPSA) is 82.8 Å². The Bertz CT molecular complexity index is 917. The molecule has 1 aliphatic rings. The number of esters is 1. The van der Waals surface area contributed by atoms with Gasteiger partial charge in [0.2, 0.25) is 0 Å². The summed E-state index contributed by atoms with van der Waals surface area (Å²) in [5.74, 6) is 0.649. The molecular weight excluding hydrogens is 318 g/mol. The molecule has 7 nitrogen and oxygen atoms in total. The molecule has 0 aliphatic heterocycles. The van der Waals surface area contributed by atoms with E-state index >= 15 is 0 Å². The number of carbonyl (C=O) groups is 1. The number of ether oxygens (including phenoxy) is 1. The molecule has 1 aliphatic carbocycles. The highest BCUT2D eigenvalue weighted by Gasteiger charge is 2.27. The minimum atomic E-state index is -0.369. The lowest BCUT2D eigenvalue weighted by atomic mass is 10.1. The molecule has 3 aromatic rings. The molecule has 2 heterocycles. The van der Waals surface area contributed by atoms with Crippen molar-refractivity contribution in [3.8, 4) is 0 Å². The second-order valence-corrected chi connectivity index (χ2v) is 6.28. The monoisotopic (exact) mass is 337 g/mol. The molecule has 0 bridgehead atoms. The summed E-state index contributed by atoms with van der Waals surface area (Å²) < 4.78 is 7.15. The van der Waals surface area contributed by atoms with Crippen LogP contribution in [0.4, 0.5) is 0 Å². The molecule has 0 spiro atoms. The van der Waals surface area contributed by atoms with E-state index in [2.05, 4.69) is 20.5 Å². The van der Waals surface area contributed by atoms with E-state index in [-0.39, 0.29) is 12.6 Å². The molecule has 0 N–H and O–H groups in total. The third-order valence-corrected chi connectivity index (χ3v) is 4.33. The van der Waals surface area contributed by atoms with Gasteiger partial charge in [0.05, 0.1) is 11.1 Å². The minimum Gasteiger partial charge on any atom is -0.454 e. The maximum absolute atomic E-state index is 12.7. The van der Waals surface area contributed by atoms with Gasteiger partial charge in [0.1, 0.15) is 0 Å². The minimum absolute atomic E-state index is 0.0568. The van der Waals surface area contributed by atoms with Gasteiger partial charge in [0.15, 0.2) is 12.4 Å². The van der Waals surface area contributed by atoms with Crippen LogP contribution in [0.5, 0.6) is 0 Å². The zero-order valence-electron chi connectivity index (χ0n) is 14.1. The second kappa shape index (κ2) is 6.58. The fourth-order valence-electron chi connectivity index (χ4n) is 2.87. The lowest BCUT2D eigenvalue weighted by Gasteiger charge is -2.09. The first-order valence-corrected chi connectivity index (χ1v) is 8.58. The molecule has 1 saturated carbocycles. The zero-order valence-corrected chi connectivity index (χ0v) is 14.1. The maximum Gasteiger partial charge on any atom is 0.339 e. The van der Waals surface area contributed by atoms with Crippen LogP contribution >= 0.6 is 0 Å².